The van der Waals surface area contributed by atoms with Crippen molar-refractivity contribution in [2.75, 3.05) is 19.6 Å². The average molecular weight is 359 g/mol. The van der Waals surface area contributed by atoms with Crippen LogP contribution in [0.3, 0.4) is 0 Å². The zero-order chi connectivity index (χ0) is 17.6. The van der Waals surface area contributed by atoms with Crippen molar-refractivity contribution >= 4 is 33.2 Å². The molecular formula is C20H26N2O2S. The molecule has 2 heterocycles. The fourth-order valence-electron chi connectivity index (χ4n) is 3.32. The maximum absolute atomic E-state index is 12.7. The Morgan fingerprint density at radius 2 is 1.96 bits per heavy atom. The predicted molar refractivity (Wildman–Crippen MR) is 103 cm³/mol. The van der Waals surface area contributed by atoms with E-state index in [1.165, 1.54) is 0 Å². The lowest BCUT2D eigenvalue weighted by Gasteiger charge is -2.31. The number of thiophene rings is 1. The Labute approximate surface area is 153 Å². The van der Waals surface area contributed by atoms with Gasteiger partial charge in [0.15, 0.2) is 0 Å². The molecule has 0 bridgehead atoms. The normalized spacial score (nSPS) is 15.5. The fourth-order valence-corrected chi connectivity index (χ4v) is 4.35. The number of piperidine rings is 1. The van der Waals surface area contributed by atoms with E-state index < -0.39 is 0 Å². The van der Waals surface area contributed by atoms with Crippen LogP contribution in [0.1, 0.15) is 48.7 Å². The molecule has 2 aromatic rings. The minimum absolute atomic E-state index is 0.0492. The molecular weight excluding hydrogens is 332 g/mol. The van der Waals surface area contributed by atoms with E-state index in [1.807, 2.05) is 35.2 Å². The van der Waals surface area contributed by atoms with E-state index in [0.29, 0.717) is 13.1 Å². The van der Waals surface area contributed by atoms with Gasteiger partial charge in [-0.25, -0.2) is 0 Å². The first-order valence-corrected chi connectivity index (χ1v) is 10.1. The summed E-state index contributed by atoms with van der Waals surface area (Å²) in [5, 5.41) is 4.16. The third-order valence-electron chi connectivity index (χ3n) is 4.87. The van der Waals surface area contributed by atoms with Gasteiger partial charge in [-0.2, -0.15) is 0 Å². The summed E-state index contributed by atoms with van der Waals surface area (Å²) in [5.41, 5.74) is 0. The van der Waals surface area contributed by atoms with Gasteiger partial charge in [0.1, 0.15) is 0 Å². The molecule has 1 fully saturated rings. The molecule has 3 rings (SSSR count). The summed E-state index contributed by atoms with van der Waals surface area (Å²) in [7, 11) is 0. The van der Waals surface area contributed by atoms with Gasteiger partial charge in [-0.05, 0) is 36.8 Å². The first kappa shape index (κ1) is 17.9. The van der Waals surface area contributed by atoms with E-state index >= 15 is 0 Å². The Kier molecular flexibility index (Phi) is 6.08. The molecule has 5 heteroatoms. The summed E-state index contributed by atoms with van der Waals surface area (Å²) in [5.74, 6) is 0.307. The van der Waals surface area contributed by atoms with E-state index in [4.69, 9.17) is 0 Å². The summed E-state index contributed by atoms with van der Waals surface area (Å²) in [4.78, 5) is 27.6. The number of benzene rings is 1. The number of carbonyl (C=O) groups excluding carboxylic acids is 2. The Morgan fingerprint density at radius 1 is 1.20 bits per heavy atom. The van der Waals surface area contributed by atoms with Crippen molar-refractivity contribution in [3.63, 3.8) is 0 Å². The van der Waals surface area contributed by atoms with Crippen LogP contribution in [0.25, 0.3) is 10.1 Å². The van der Waals surface area contributed by atoms with Gasteiger partial charge >= 0.3 is 0 Å². The quantitative estimate of drug-likeness (QED) is 0.792. The van der Waals surface area contributed by atoms with Crippen LogP contribution in [0.15, 0.2) is 30.3 Å². The highest BCUT2D eigenvalue weighted by atomic mass is 32.1. The smallest absolute Gasteiger partial charge is 0.263 e. The van der Waals surface area contributed by atoms with Crippen LogP contribution >= 0.6 is 11.3 Å². The van der Waals surface area contributed by atoms with Crippen molar-refractivity contribution in [2.24, 2.45) is 5.92 Å². The minimum atomic E-state index is 0.0492. The Morgan fingerprint density at radius 3 is 2.68 bits per heavy atom. The van der Waals surface area contributed by atoms with Crippen molar-refractivity contribution in [1.29, 1.82) is 0 Å². The number of hydrogen-bond donors (Lipinski definition) is 1. The number of likely N-dealkylation sites (tertiary alicyclic amines) is 1. The van der Waals surface area contributed by atoms with Crippen molar-refractivity contribution in [3.05, 3.63) is 35.2 Å². The number of hydrogen-bond acceptors (Lipinski definition) is 3. The minimum Gasteiger partial charge on any atom is -0.356 e. The number of fused-ring (bicyclic) bond motifs is 1. The molecule has 25 heavy (non-hydrogen) atoms. The third-order valence-corrected chi connectivity index (χ3v) is 5.97. The summed E-state index contributed by atoms with van der Waals surface area (Å²) < 4.78 is 1.15. The molecule has 1 aromatic carbocycles. The molecule has 1 N–H and O–H groups in total. The van der Waals surface area contributed by atoms with Gasteiger partial charge in [-0.1, -0.05) is 38.0 Å². The van der Waals surface area contributed by atoms with Crippen LogP contribution in [0.4, 0.5) is 0 Å². The van der Waals surface area contributed by atoms with E-state index in [-0.39, 0.29) is 17.7 Å². The second-order valence-electron chi connectivity index (χ2n) is 6.71. The first-order valence-electron chi connectivity index (χ1n) is 9.24. The molecule has 4 nitrogen and oxygen atoms in total. The van der Waals surface area contributed by atoms with E-state index in [2.05, 4.69) is 12.2 Å². The SMILES string of the molecule is CCCCCNC(=O)C1CCN(C(=O)c2cc3ccccc3s2)CC1. The molecule has 0 aliphatic carbocycles. The molecule has 1 aliphatic rings. The molecule has 1 aliphatic heterocycles. The lowest BCUT2D eigenvalue weighted by molar-refractivity contribution is -0.126. The van der Waals surface area contributed by atoms with Crippen LogP contribution in [-0.4, -0.2) is 36.3 Å². The predicted octanol–water partition coefficient (Wildman–Crippen LogP) is 4.06. The average Bonchev–Trinajstić information content (AvgIpc) is 3.09. The van der Waals surface area contributed by atoms with Gasteiger partial charge in [-0.3, -0.25) is 9.59 Å². The zero-order valence-corrected chi connectivity index (χ0v) is 15.6. The monoisotopic (exact) mass is 358 g/mol. The zero-order valence-electron chi connectivity index (χ0n) is 14.8. The molecule has 134 valence electrons. The lowest BCUT2D eigenvalue weighted by atomic mass is 9.95. The number of unbranched alkanes of at least 4 members (excludes halogenated alkanes) is 2. The summed E-state index contributed by atoms with van der Waals surface area (Å²) in [6, 6.07) is 10.1. The highest BCUT2D eigenvalue weighted by Crippen LogP contribution is 2.27. The molecule has 1 aromatic heterocycles. The maximum Gasteiger partial charge on any atom is 0.263 e. The van der Waals surface area contributed by atoms with Gasteiger partial charge in [0.05, 0.1) is 4.88 Å². The van der Waals surface area contributed by atoms with Crippen LogP contribution in [-0.2, 0) is 4.79 Å². The topological polar surface area (TPSA) is 49.4 Å². The molecule has 0 atom stereocenters. The third kappa shape index (κ3) is 4.40. The molecule has 0 radical (unpaired) electrons. The Bertz CT molecular complexity index is 699. The van der Waals surface area contributed by atoms with Gasteiger partial charge in [0.2, 0.25) is 5.91 Å². The standard InChI is InChI=1S/C20H26N2O2S/c1-2-3-6-11-21-19(23)15-9-12-22(13-10-15)20(24)18-14-16-7-4-5-8-17(16)25-18/h4-5,7-8,14-15H,2-3,6,9-13H2,1H3,(H,21,23). The van der Waals surface area contributed by atoms with Crippen LogP contribution in [0.2, 0.25) is 0 Å². The molecule has 0 unspecified atom stereocenters. The van der Waals surface area contributed by atoms with Crippen molar-refractivity contribution in [3.8, 4) is 0 Å². The maximum atomic E-state index is 12.7. The van der Waals surface area contributed by atoms with Crippen molar-refractivity contribution < 1.29 is 9.59 Å². The molecule has 2 amide bonds. The van der Waals surface area contributed by atoms with E-state index in [1.54, 1.807) is 11.3 Å². The number of carbonyl (C=O) groups is 2. The van der Waals surface area contributed by atoms with E-state index in [0.717, 1.165) is 53.6 Å². The second kappa shape index (κ2) is 8.48. The van der Waals surface area contributed by atoms with Gasteiger partial charge in [0, 0.05) is 30.3 Å². The summed E-state index contributed by atoms with van der Waals surface area (Å²) in [6.45, 7) is 4.26. The van der Waals surface area contributed by atoms with Gasteiger partial charge in [-0.15, -0.1) is 11.3 Å². The van der Waals surface area contributed by atoms with Crippen LogP contribution < -0.4 is 5.32 Å². The number of amides is 2. The highest BCUT2D eigenvalue weighted by Gasteiger charge is 2.28. The molecule has 1 saturated heterocycles. The van der Waals surface area contributed by atoms with Crippen LogP contribution in [0, 0.1) is 5.92 Å². The molecule has 0 spiro atoms. The lowest BCUT2D eigenvalue weighted by Crippen LogP contribution is -2.43. The highest BCUT2D eigenvalue weighted by molar-refractivity contribution is 7.20. The Balaban J connectivity index is 1.51. The number of rotatable bonds is 6. The van der Waals surface area contributed by atoms with Gasteiger partial charge in [0.25, 0.3) is 5.91 Å². The van der Waals surface area contributed by atoms with Crippen LogP contribution in [0.5, 0.6) is 0 Å². The fraction of sp³-hybridized carbons (Fsp3) is 0.500. The second-order valence-corrected chi connectivity index (χ2v) is 7.80. The molecule has 0 saturated carbocycles. The number of nitrogens with one attached hydrogen (secondary N) is 1. The van der Waals surface area contributed by atoms with Gasteiger partial charge < -0.3 is 10.2 Å². The van der Waals surface area contributed by atoms with Crippen molar-refractivity contribution in [1.82, 2.24) is 10.2 Å². The first-order chi connectivity index (χ1) is 12.2. The summed E-state index contributed by atoms with van der Waals surface area (Å²) >= 11 is 1.55. The number of nitrogens with zero attached hydrogens (tertiary/aromatic N) is 1. The largest absolute Gasteiger partial charge is 0.356 e. The van der Waals surface area contributed by atoms with E-state index in [9.17, 15) is 9.59 Å². The summed E-state index contributed by atoms with van der Waals surface area (Å²) in [6.07, 6.45) is 4.88. The Hall–Kier alpha value is -1.88. The van der Waals surface area contributed by atoms with Crippen molar-refractivity contribution in [2.45, 2.75) is 39.0 Å².